The van der Waals surface area contributed by atoms with Crippen LogP contribution in [0.15, 0.2) is 51.8 Å². The summed E-state index contributed by atoms with van der Waals surface area (Å²) in [7, 11) is 0. The van der Waals surface area contributed by atoms with Crippen molar-refractivity contribution in [1.82, 2.24) is 10.4 Å². The van der Waals surface area contributed by atoms with Crippen LogP contribution in [0.5, 0.6) is 5.75 Å². The smallest absolute Gasteiger partial charge is 0.341 e. The monoisotopic (exact) mass is 526 g/mol. The Balaban J connectivity index is 1.81. The van der Waals surface area contributed by atoms with E-state index in [2.05, 4.69) is 21.4 Å². The molecule has 30 heavy (non-hydrogen) atoms. The maximum Gasteiger partial charge on any atom is 0.341 e. The molecule has 0 unspecified atom stereocenters. The molecule has 2 amide bonds. The Morgan fingerprint density at radius 2 is 1.97 bits per heavy atom. The van der Waals surface area contributed by atoms with Gasteiger partial charge in [0.05, 0.1) is 4.91 Å². The third-order valence-electron chi connectivity index (χ3n) is 3.72. The highest BCUT2D eigenvalue weighted by atomic mass is 79.9. The summed E-state index contributed by atoms with van der Waals surface area (Å²) in [6, 6.07) is 11.1. The van der Waals surface area contributed by atoms with Gasteiger partial charge in [0.25, 0.3) is 11.8 Å². The number of thioether (sulfide) groups is 1. The van der Waals surface area contributed by atoms with E-state index in [1.165, 1.54) is 18.2 Å². The predicted octanol–water partition coefficient (Wildman–Crippen LogP) is 4.11. The van der Waals surface area contributed by atoms with E-state index in [4.69, 9.17) is 33.7 Å². The number of hydrogen-bond acceptors (Lipinski definition) is 6. The number of thiocarbonyl (C=S) groups is 1. The van der Waals surface area contributed by atoms with E-state index in [0.717, 1.165) is 16.8 Å². The number of amides is 2. The lowest BCUT2D eigenvalue weighted by Crippen LogP contribution is -2.44. The number of halogens is 2. The number of carboxylic acids is 1. The van der Waals surface area contributed by atoms with Gasteiger partial charge < -0.3 is 9.84 Å². The summed E-state index contributed by atoms with van der Waals surface area (Å²) in [4.78, 5) is 36.2. The quantitative estimate of drug-likeness (QED) is 0.431. The minimum Gasteiger partial charge on any atom is -0.481 e. The van der Waals surface area contributed by atoms with Gasteiger partial charge in [-0.2, -0.15) is 5.01 Å². The molecule has 1 saturated heterocycles. The number of carbonyl (C=O) groups excluding carboxylic acids is 2. The molecule has 1 aliphatic heterocycles. The zero-order valence-electron chi connectivity index (χ0n) is 14.9. The second-order valence-corrected chi connectivity index (χ2v) is 8.86. The van der Waals surface area contributed by atoms with Gasteiger partial charge in [0.1, 0.15) is 5.75 Å². The third-order valence-corrected chi connectivity index (χ3v) is 5.77. The Morgan fingerprint density at radius 1 is 1.27 bits per heavy atom. The molecule has 0 radical (unpaired) electrons. The normalized spacial score (nSPS) is 14.9. The molecule has 11 heteroatoms. The number of aliphatic carboxylic acids is 1. The molecule has 1 aliphatic rings. The number of carbonyl (C=O) groups is 3. The predicted molar refractivity (Wildman–Crippen MR) is 121 cm³/mol. The van der Waals surface area contributed by atoms with Gasteiger partial charge in [0.2, 0.25) is 0 Å². The molecule has 0 bridgehead atoms. The van der Waals surface area contributed by atoms with Crippen molar-refractivity contribution in [3.63, 3.8) is 0 Å². The fourth-order valence-electron chi connectivity index (χ4n) is 2.38. The van der Waals surface area contributed by atoms with Crippen LogP contribution in [0.2, 0.25) is 5.02 Å². The number of nitrogens with zero attached hydrogens (tertiary/aromatic N) is 1. The summed E-state index contributed by atoms with van der Waals surface area (Å²) in [6.45, 7) is -0.527. The molecule has 0 aliphatic carbocycles. The lowest BCUT2D eigenvalue weighted by atomic mass is 10.2. The number of benzene rings is 2. The van der Waals surface area contributed by atoms with E-state index in [9.17, 15) is 14.4 Å². The SMILES string of the molecule is O=C(O)COc1ccc(Br)cc1/C=C1/SC(=S)N(NC(=O)c2ccc(Cl)cc2)C1=O. The van der Waals surface area contributed by atoms with Crippen LogP contribution in [-0.4, -0.2) is 38.8 Å². The van der Waals surface area contributed by atoms with Gasteiger partial charge in [-0.1, -0.05) is 39.3 Å². The molecule has 1 heterocycles. The first-order valence-corrected chi connectivity index (χ1v) is 10.6. The Labute approximate surface area is 194 Å². The van der Waals surface area contributed by atoms with Crippen molar-refractivity contribution >= 4 is 79.7 Å². The lowest BCUT2D eigenvalue weighted by molar-refractivity contribution is -0.139. The minimum atomic E-state index is -1.12. The topological polar surface area (TPSA) is 95.9 Å². The first-order valence-electron chi connectivity index (χ1n) is 8.23. The van der Waals surface area contributed by atoms with Crippen LogP contribution < -0.4 is 10.2 Å². The zero-order chi connectivity index (χ0) is 21.8. The average Bonchev–Trinajstić information content (AvgIpc) is 2.95. The fourth-order valence-corrected chi connectivity index (χ4v) is 4.05. The summed E-state index contributed by atoms with van der Waals surface area (Å²) < 4.78 is 6.13. The van der Waals surface area contributed by atoms with Crippen LogP contribution in [0.3, 0.4) is 0 Å². The molecule has 0 aromatic heterocycles. The molecule has 2 aromatic rings. The largest absolute Gasteiger partial charge is 0.481 e. The first kappa shape index (κ1) is 22.3. The van der Waals surface area contributed by atoms with E-state index in [1.807, 2.05) is 0 Å². The van der Waals surface area contributed by atoms with Gasteiger partial charge in [0, 0.05) is 20.6 Å². The van der Waals surface area contributed by atoms with Gasteiger partial charge in [-0.3, -0.25) is 15.0 Å². The number of rotatable bonds is 6. The van der Waals surface area contributed by atoms with Crippen molar-refractivity contribution in [2.75, 3.05) is 6.61 Å². The van der Waals surface area contributed by atoms with Gasteiger partial charge in [-0.05, 0) is 60.8 Å². The molecule has 2 N–H and O–H groups in total. The van der Waals surface area contributed by atoms with Crippen LogP contribution in [0.4, 0.5) is 0 Å². The molecule has 0 atom stereocenters. The summed E-state index contributed by atoms with van der Waals surface area (Å²) >= 11 is 15.4. The van der Waals surface area contributed by atoms with Crippen molar-refractivity contribution in [2.24, 2.45) is 0 Å². The lowest BCUT2D eigenvalue weighted by Gasteiger charge is -2.15. The molecule has 3 rings (SSSR count). The molecule has 0 saturated carbocycles. The summed E-state index contributed by atoms with van der Waals surface area (Å²) in [5.41, 5.74) is 3.27. The maximum absolute atomic E-state index is 12.8. The number of nitrogens with one attached hydrogen (secondary N) is 1. The van der Waals surface area contributed by atoms with Crippen LogP contribution in [0.1, 0.15) is 15.9 Å². The average molecular weight is 528 g/mol. The summed E-state index contributed by atoms with van der Waals surface area (Å²) in [6.07, 6.45) is 1.52. The van der Waals surface area contributed by atoms with Gasteiger partial charge in [-0.25, -0.2) is 4.79 Å². The van der Waals surface area contributed by atoms with E-state index < -0.39 is 24.4 Å². The summed E-state index contributed by atoms with van der Waals surface area (Å²) in [5.74, 6) is -1.87. The van der Waals surface area contributed by atoms with E-state index in [0.29, 0.717) is 20.6 Å². The molecule has 154 valence electrons. The molecular weight excluding hydrogens is 516 g/mol. The molecule has 2 aromatic carbocycles. The Hall–Kier alpha value is -2.40. The Bertz CT molecular complexity index is 1080. The standard InChI is InChI=1S/C19H12BrClN2O5S2/c20-12-3-6-14(28-9-16(24)25)11(7-12)8-15-18(27)23(19(29)30-15)22-17(26)10-1-4-13(21)5-2-10/h1-8H,9H2,(H,22,26)(H,24,25)/b15-8+. The van der Waals surface area contributed by atoms with E-state index in [1.54, 1.807) is 30.3 Å². The van der Waals surface area contributed by atoms with Crippen molar-refractivity contribution in [3.8, 4) is 5.75 Å². The summed E-state index contributed by atoms with van der Waals surface area (Å²) in [5, 5.41) is 10.3. The van der Waals surface area contributed by atoms with Crippen molar-refractivity contribution in [1.29, 1.82) is 0 Å². The Kier molecular flexibility index (Phi) is 7.14. The number of hydrazine groups is 1. The second-order valence-electron chi connectivity index (χ2n) is 5.83. The minimum absolute atomic E-state index is 0.150. The number of hydrogen-bond donors (Lipinski definition) is 2. The highest BCUT2D eigenvalue weighted by Gasteiger charge is 2.34. The van der Waals surface area contributed by atoms with Gasteiger partial charge >= 0.3 is 5.97 Å². The molecular formula is C19H12BrClN2O5S2. The molecule has 7 nitrogen and oxygen atoms in total. The second kappa shape index (κ2) is 9.61. The maximum atomic E-state index is 12.8. The van der Waals surface area contributed by atoms with Gasteiger partial charge in [-0.15, -0.1) is 0 Å². The van der Waals surface area contributed by atoms with E-state index in [-0.39, 0.29) is 15.0 Å². The number of ether oxygens (including phenoxy) is 1. The van der Waals surface area contributed by atoms with Crippen LogP contribution in [0, 0.1) is 0 Å². The third kappa shape index (κ3) is 5.39. The molecule has 1 fully saturated rings. The van der Waals surface area contributed by atoms with Crippen LogP contribution in [-0.2, 0) is 9.59 Å². The molecule has 0 spiro atoms. The fraction of sp³-hybridized carbons (Fsp3) is 0.0526. The first-order chi connectivity index (χ1) is 14.2. The van der Waals surface area contributed by atoms with E-state index >= 15 is 0 Å². The van der Waals surface area contributed by atoms with Crippen LogP contribution >= 0.6 is 51.5 Å². The highest BCUT2D eigenvalue weighted by molar-refractivity contribution is 9.10. The zero-order valence-corrected chi connectivity index (χ0v) is 18.9. The van der Waals surface area contributed by atoms with Crippen molar-refractivity contribution in [2.45, 2.75) is 0 Å². The highest BCUT2D eigenvalue weighted by Crippen LogP contribution is 2.34. The van der Waals surface area contributed by atoms with Gasteiger partial charge in [0.15, 0.2) is 10.9 Å². The van der Waals surface area contributed by atoms with Crippen molar-refractivity contribution in [3.05, 3.63) is 68.0 Å². The van der Waals surface area contributed by atoms with Crippen LogP contribution in [0.25, 0.3) is 6.08 Å². The van der Waals surface area contributed by atoms with Crippen molar-refractivity contribution < 1.29 is 24.2 Å². The Morgan fingerprint density at radius 3 is 2.63 bits per heavy atom. The number of carboxylic acid groups (broad SMARTS) is 1.